The van der Waals surface area contributed by atoms with Crippen LogP contribution in [0.3, 0.4) is 0 Å². The van der Waals surface area contributed by atoms with Gasteiger partial charge in [-0.3, -0.25) is 4.79 Å². The fourth-order valence-electron chi connectivity index (χ4n) is 1.15. The minimum atomic E-state index is -0.0232. The number of carbonyl (C=O) groups excluding carboxylic acids is 1. The van der Waals surface area contributed by atoms with E-state index in [0.29, 0.717) is 19.6 Å². The van der Waals surface area contributed by atoms with Crippen LogP contribution in [0.1, 0.15) is 12.0 Å². The first-order valence-electron chi connectivity index (χ1n) is 4.88. The number of ether oxygens (including phenoxy) is 1. The number of nitrogens with one attached hydrogen (secondary N) is 1. The number of carbonyl (C=O) groups is 1. The summed E-state index contributed by atoms with van der Waals surface area (Å²) in [5, 5.41) is 2.53. The SMILES string of the molecule is CNC(=O)CCOc1cccc(CN)c1. The second-order valence-corrected chi connectivity index (χ2v) is 3.12. The highest BCUT2D eigenvalue weighted by Crippen LogP contribution is 2.12. The Morgan fingerprint density at radius 2 is 2.33 bits per heavy atom. The molecule has 0 aromatic heterocycles. The lowest BCUT2D eigenvalue weighted by molar-refractivity contribution is -0.121. The van der Waals surface area contributed by atoms with Gasteiger partial charge in [-0.25, -0.2) is 0 Å². The zero-order chi connectivity index (χ0) is 11.1. The normalized spacial score (nSPS) is 9.73. The predicted octanol–water partition coefficient (Wildman–Crippen LogP) is 0.660. The van der Waals surface area contributed by atoms with Crippen LogP contribution >= 0.6 is 0 Å². The fourth-order valence-corrected chi connectivity index (χ4v) is 1.15. The maximum atomic E-state index is 10.9. The molecule has 15 heavy (non-hydrogen) atoms. The Morgan fingerprint density at radius 1 is 1.53 bits per heavy atom. The van der Waals surface area contributed by atoms with Gasteiger partial charge in [-0.15, -0.1) is 0 Å². The van der Waals surface area contributed by atoms with E-state index in [0.717, 1.165) is 11.3 Å². The lowest BCUT2D eigenvalue weighted by Crippen LogP contribution is -2.20. The van der Waals surface area contributed by atoms with Crippen molar-refractivity contribution in [3.05, 3.63) is 29.8 Å². The van der Waals surface area contributed by atoms with Crippen molar-refractivity contribution in [2.45, 2.75) is 13.0 Å². The number of benzene rings is 1. The lowest BCUT2D eigenvalue weighted by atomic mass is 10.2. The second kappa shape index (κ2) is 6.03. The largest absolute Gasteiger partial charge is 0.493 e. The van der Waals surface area contributed by atoms with Crippen LogP contribution in [-0.2, 0) is 11.3 Å². The zero-order valence-corrected chi connectivity index (χ0v) is 8.82. The average Bonchev–Trinajstić information content (AvgIpc) is 2.29. The van der Waals surface area contributed by atoms with E-state index in [1.165, 1.54) is 0 Å². The number of nitrogens with two attached hydrogens (primary N) is 1. The van der Waals surface area contributed by atoms with Gasteiger partial charge in [0, 0.05) is 13.6 Å². The molecular formula is C11H16N2O2. The summed E-state index contributed by atoms with van der Waals surface area (Å²) in [4.78, 5) is 10.9. The Labute approximate surface area is 89.4 Å². The van der Waals surface area contributed by atoms with Gasteiger partial charge in [-0.1, -0.05) is 12.1 Å². The molecule has 0 saturated heterocycles. The minimum Gasteiger partial charge on any atom is -0.493 e. The van der Waals surface area contributed by atoms with Gasteiger partial charge in [0.2, 0.25) is 5.91 Å². The van der Waals surface area contributed by atoms with Crippen molar-refractivity contribution in [1.82, 2.24) is 5.32 Å². The molecule has 1 aromatic rings. The Balaban J connectivity index is 2.40. The molecular weight excluding hydrogens is 192 g/mol. The molecule has 0 aliphatic rings. The summed E-state index contributed by atoms with van der Waals surface area (Å²) in [5.74, 6) is 0.729. The van der Waals surface area contributed by atoms with Crippen LogP contribution in [0.5, 0.6) is 5.75 Å². The molecule has 0 radical (unpaired) electrons. The lowest BCUT2D eigenvalue weighted by Gasteiger charge is -2.06. The molecule has 1 aromatic carbocycles. The molecule has 0 aliphatic carbocycles. The van der Waals surface area contributed by atoms with Gasteiger partial charge < -0.3 is 15.8 Å². The van der Waals surface area contributed by atoms with Gasteiger partial charge in [-0.2, -0.15) is 0 Å². The molecule has 82 valence electrons. The summed E-state index contributed by atoms with van der Waals surface area (Å²) in [6.07, 6.45) is 0.364. The molecule has 0 bridgehead atoms. The maximum Gasteiger partial charge on any atom is 0.223 e. The number of hydrogen-bond donors (Lipinski definition) is 2. The van der Waals surface area contributed by atoms with E-state index in [4.69, 9.17) is 10.5 Å². The van der Waals surface area contributed by atoms with E-state index < -0.39 is 0 Å². The Morgan fingerprint density at radius 3 is 3.00 bits per heavy atom. The molecule has 4 nitrogen and oxygen atoms in total. The zero-order valence-electron chi connectivity index (χ0n) is 8.82. The van der Waals surface area contributed by atoms with Gasteiger partial charge in [-0.05, 0) is 17.7 Å². The van der Waals surface area contributed by atoms with Crippen LogP contribution in [0.2, 0.25) is 0 Å². The van der Waals surface area contributed by atoms with Crippen LogP contribution in [0.25, 0.3) is 0 Å². The van der Waals surface area contributed by atoms with Crippen molar-refractivity contribution in [2.75, 3.05) is 13.7 Å². The van der Waals surface area contributed by atoms with Crippen LogP contribution in [-0.4, -0.2) is 19.6 Å². The van der Waals surface area contributed by atoms with Gasteiger partial charge in [0.25, 0.3) is 0 Å². The predicted molar refractivity (Wildman–Crippen MR) is 58.5 cm³/mol. The number of amides is 1. The number of rotatable bonds is 5. The molecule has 0 aliphatic heterocycles. The summed E-state index contributed by atoms with van der Waals surface area (Å²) in [6.45, 7) is 0.875. The van der Waals surface area contributed by atoms with Crippen LogP contribution < -0.4 is 15.8 Å². The fraction of sp³-hybridized carbons (Fsp3) is 0.364. The van der Waals surface area contributed by atoms with E-state index in [1.54, 1.807) is 7.05 Å². The van der Waals surface area contributed by atoms with Crippen LogP contribution in [0.15, 0.2) is 24.3 Å². The van der Waals surface area contributed by atoms with E-state index in [2.05, 4.69) is 5.32 Å². The Bertz CT molecular complexity index is 326. The quantitative estimate of drug-likeness (QED) is 0.747. The van der Waals surface area contributed by atoms with Gasteiger partial charge in [0.05, 0.1) is 13.0 Å². The highest BCUT2D eigenvalue weighted by atomic mass is 16.5. The third-order valence-electron chi connectivity index (χ3n) is 2.01. The minimum absolute atomic E-state index is 0.0232. The first-order chi connectivity index (χ1) is 7.26. The van der Waals surface area contributed by atoms with E-state index in [1.807, 2.05) is 24.3 Å². The summed E-state index contributed by atoms with van der Waals surface area (Å²) >= 11 is 0. The highest BCUT2D eigenvalue weighted by Gasteiger charge is 1.99. The molecule has 1 amide bonds. The molecule has 0 saturated carbocycles. The molecule has 0 spiro atoms. The van der Waals surface area contributed by atoms with E-state index >= 15 is 0 Å². The monoisotopic (exact) mass is 208 g/mol. The average molecular weight is 208 g/mol. The molecule has 1 rings (SSSR count). The van der Waals surface area contributed by atoms with Gasteiger partial charge in [0.1, 0.15) is 5.75 Å². The smallest absolute Gasteiger partial charge is 0.223 e. The van der Waals surface area contributed by atoms with Crippen molar-refractivity contribution in [2.24, 2.45) is 5.73 Å². The maximum absolute atomic E-state index is 10.9. The molecule has 4 heteroatoms. The third kappa shape index (κ3) is 3.99. The molecule has 0 atom stereocenters. The highest BCUT2D eigenvalue weighted by molar-refractivity contribution is 5.75. The van der Waals surface area contributed by atoms with Gasteiger partial charge >= 0.3 is 0 Å². The van der Waals surface area contributed by atoms with Crippen molar-refractivity contribution >= 4 is 5.91 Å². The molecule has 0 unspecified atom stereocenters. The first kappa shape index (κ1) is 11.5. The van der Waals surface area contributed by atoms with Crippen molar-refractivity contribution in [1.29, 1.82) is 0 Å². The van der Waals surface area contributed by atoms with Crippen molar-refractivity contribution in [3.63, 3.8) is 0 Å². The second-order valence-electron chi connectivity index (χ2n) is 3.12. The molecule has 0 heterocycles. The van der Waals surface area contributed by atoms with E-state index in [9.17, 15) is 4.79 Å². The van der Waals surface area contributed by atoms with Crippen LogP contribution in [0.4, 0.5) is 0 Å². The summed E-state index contributed by atoms with van der Waals surface area (Å²) in [5.41, 5.74) is 6.52. The van der Waals surface area contributed by atoms with Crippen molar-refractivity contribution < 1.29 is 9.53 Å². The van der Waals surface area contributed by atoms with E-state index in [-0.39, 0.29) is 5.91 Å². The summed E-state index contributed by atoms with van der Waals surface area (Å²) in [6, 6.07) is 7.55. The summed E-state index contributed by atoms with van der Waals surface area (Å²) < 4.78 is 5.40. The first-order valence-corrected chi connectivity index (χ1v) is 4.88. The summed E-state index contributed by atoms with van der Waals surface area (Å²) in [7, 11) is 1.61. The molecule has 0 fully saturated rings. The van der Waals surface area contributed by atoms with Crippen molar-refractivity contribution in [3.8, 4) is 5.75 Å². The third-order valence-corrected chi connectivity index (χ3v) is 2.01. The Hall–Kier alpha value is -1.55. The standard InChI is InChI=1S/C11H16N2O2/c1-13-11(14)5-6-15-10-4-2-3-9(7-10)8-12/h2-4,7H,5-6,8,12H2,1H3,(H,13,14). The topological polar surface area (TPSA) is 64.3 Å². The van der Waals surface area contributed by atoms with Gasteiger partial charge in [0.15, 0.2) is 0 Å². The van der Waals surface area contributed by atoms with Crippen LogP contribution in [0, 0.1) is 0 Å². The molecule has 3 N–H and O–H groups in total. The number of hydrogen-bond acceptors (Lipinski definition) is 3. The Kier molecular flexibility index (Phi) is 4.63.